The van der Waals surface area contributed by atoms with Crippen LogP contribution in [0.5, 0.6) is 0 Å². The van der Waals surface area contributed by atoms with Crippen molar-refractivity contribution in [1.82, 2.24) is 10.3 Å². The number of nitrogens with one attached hydrogen (secondary N) is 1. The van der Waals surface area contributed by atoms with Crippen LogP contribution in [0.1, 0.15) is 43.1 Å². The molecule has 2 unspecified atom stereocenters. The van der Waals surface area contributed by atoms with E-state index < -0.39 is 0 Å². The standard InChI is InChI=1S/C12H20N2O2S/c1-5-9-7-13-11(17-9)8(3)14-10(6-2)12(15)16-4/h7-8,10,14H,5-6H2,1-4H3. The Morgan fingerprint density at radius 3 is 2.76 bits per heavy atom. The third-order valence-electron chi connectivity index (χ3n) is 2.64. The van der Waals surface area contributed by atoms with E-state index in [0.29, 0.717) is 6.42 Å². The third-order valence-corrected chi connectivity index (χ3v) is 3.96. The summed E-state index contributed by atoms with van der Waals surface area (Å²) in [6, 6.07) is -0.187. The molecule has 0 aromatic carbocycles. The van der Waals surface area contributed by atoms with Gasteiger partial charge in [-0.15, -0.1) is 11.3 Å². The van der Waals surface area contributed by atoms with Crippen LogP contribution < -0.4 is 5.32 Å². The Hall–Kier alpha value is -0.940. The van der Waals surface area contributed by atoms with Crippen molar-refractivity contribution >= 4 is 17.3 Å². The Labute approximate surface area is 106 Å². The van der Waals surface area contributed by atoms with E-state index in [-0.39, 0.29) is 18.1 Å². The van der Waals surface area contributed by atoms with Crippen LogP contribution in [-0.4, -0.2) is 24.1 Å². The number of aryl methyl sites for hydroxylation is 1. The fraction of sp³-hybridized carbons (Fsp3) is 0.667. The van der Waals surface area contributed by atoms with Crippen molar-refractivity contribution in [2.45, 2.75) is 45.7 Å². The lowest BCUT2D eigenvalue weighted by atomic mass is 10.2. The summed E-state index contributed by atoms with van der Waals surface area (Å²) in [5.41, 5.74) is 0. The summed E-state index contributed by atoms with van der Waals surface area (Å²) >= 11 is 1.69. The second-order valence-electron chi connectivity index (χ2n) is 3.89. The summed E-state index contributed by atoms with van der Waals surface area (Å²) in [5, 5.41) is 4.26. The highest BCUT2D eigenvalue weighted by Gasteiger charge is 2.20. The Balaban J connectivity index is 2.63. The van der Waals surface area contributed by atoms with E-state index in [9.17, 15) is 4.79 Å². The molecular weight excluding hydrogens is 236 g/mol. The van der Waals surface area contributed by atoms with Crippen LogP contribution in [0, 0.1) is 0 Å². The Bertz CT molecular complexity index is 365. The molecule has 0 fully saturated rings. The summed E-state index contributed by atoms with van der Waals surface area (Å²) in [6.45, 7) is 6.09. The van der Waals surface area contributed by atoms with E-state index >= 15 is 0 Å². The van der Waals surface area contributed by atoms with E-state index in [2.05, 4.69) is 17.2 Å². The lowest BCUT2D eigenvalue weighted by molar-refractivity contribution is -0.143. The summed E-state index contributed by atoms with van der Waals surface area (Å²) in [6.07, 6.45) is 3.61. The van der Waals surface area contributed by atoms with Gasteiger partial charge in [-0.1, -0.05) is 13.8 Å². The zero-order chi connectivity index (χ0) is 12.8. The van der Waals surface area contributed by atoms with E-state index in [1.807, 2.05) is 20.0 Å². The second kappa shape index (κ2) is 6.71. The van der Waals surface area contributed by atoms with Crippen LogP contribution in [0.4, 0.5) is 0 Å². The average molecular weight is 256 g/mol. The molecule has 0 aliphatic heterocycles. The van der Waals surface area contributed by atoms with Crippen LogP contribution in [0.3, 0.4) is 0 Å². The van der Waals surface area contributed by atoms with Crippen molar-refractivity contribution in [3.63, 3.8) is 0 Å². The Morgan fingerprint density at radius 2 is 2.29 bits per heavy atom. The van der Waals surface area contributed by atoms with Crippen LogP contribution in [0.2, 0.25) is 0 Å². The first-order valence-electron chi connectivity index (χ1n) is 5.90. The van der Waals surface area contributed by atoms with E-state index in [1.165, 1.54) is 12.0 Å². The number of nitrogens with zero attached hydrogens (tertiary/aromatic N) is 1. The zero-order valence-corrected chi connectivity index (χ0v) is 11.6. The molecule has 1 rings (SSSR count). The minimum absolute atomic E-state index is 0.0735. The van der Waals surface area contributed by atoms with Gasteiger partial charge in [-0.3, -0.25) is 10.1 Å². The summed E-state index contributed by atoms with van der Waals surface area (Å²) < 4.78 is 4.75. The van der Waals surface area contributed by atoms with Crippen LogP contribution in [0.25, 0.3) is 0 Å². The molecular formula is C12H20N2O2S. The van der Waals surface area contributed by atoms with Crippen molar-refractivity contribution in [3.05, 3.63) is 16.1 Å². The number of methoxy groups -OCH3 is 1. The molecule has 0 saturated carbocycles. The smallest absolute Gasteiger partial charge is 0.322 e. The van der Waals surface area contributed by atoms with Gasteiger partial charge in [0.15, 0.2) is 0 Å². The molecule has 0 saturated heterocycles. The van der Waals surface area contributed by atoms with Crippen LogP contribution in [-0.2, 0) is 16.0 Å². The number of thiazole rings is 1. The first kappa shape index (κ1) is 14.1. The largest absolute Gasteiger partial charge is 0.468 e. The molecule has 0 radical (unpaired) electrons. The topological polar surface area (TPSA) is 51.2 Å². The maximum atomic E-state index is 11.5. The van der Waals surface area contributed by atoms with Gasteiger partial charge in [0.25, 0.3) is 0 Å². The lowest BCUT2D eigenvalue weighted by Crippen LogP contribution is -2.38. The first-order chi connectivity index (χ1) is 8.12. The molecule has 0 aliphatic carbocycles. The van der Waals surface area contributed by atoms with Crippen molar-refractivity contribution in [3.8, 4) is 0 Å². The van der Waals surface area contributed by atoms with Gasteiger partial charge < -0.3 is 4.74 Å². The van der Waals surface area contributed by atoms with E-state index in [1.54, 1.807) is 11.3 Å². The summed E-state index contributed by atoms with van der Waals surface area (Å²) in [4.78, 5) is 17.1. The number of carbonyl (C=O) groups is 1. The minimum atomic E-state index is -0.260. The molecule has 1 heterocycles. The van der Waals surface area contributed by atoms with Crippen molar-refractivity contribution in [2.75, 3.05) is 7.11 Å². The van der Waals surface area contributed by atoms with Crippen molar-refractivity contribution < 1.29 is 9.53 Å². The fourth-order valence-corrected chi connectivity index (χ4v) is 2.42. The lowest BCUT2D eigenvalue weighted by Gasteiger charge is -2.18. The van der Waals surface area contributed by atoms with Crippen LogP contribution in [0.15, 0.2) is 6.20 Å². The predicted octanol–water partition coefficient (Wildman–Crippen LogP) is 2.31. The Morgan fingerprint density at radius 1 is 1.59 bits per heavy atom. The van der Waals surface area contributed by atoms with E-state index in [0.717, 1.165) is 11.4 Å². The molecule has 5 heteroatoms. The highest BCUT2D eigenvalue weighted by atomic mass is 32.1. The number of rotatable bonds is 6. The number of esters is 1. The van der Waals surface area contributed by atoms with Gasteiger partial charge in [0.2, 0.25) is 0 Å². The molecule has 2 atom stereocenters. The number of hydrogen-bond donors (Lipinski definition) is 1. The van der Waals surface area contributed by atoms with Gasteiger partial charge in [0.05, 0.1) is 13.2 Å². The molecule has 17 heavy (non-hydrogen) atoms. The Kier molecular flexibility index (Phi) is 5.58. The number of carbonyl (C=O) groups excluding carboxylic acids is 1. The number of aromatic nitrogens is 1. The molecule has 1 aromatic heterocycles. The summed E-state index contributed by atoms with van der Waals surface area (Å²) in [7, 11) is 1.41. The second-order valence-corrected chi connectivity index (χ2v) is 5.04. The highest BCUT2D eigenvalue weighted by Crippen LogP contribution is 2.21. The molecule has 0 aliphatic rings. The molecule has 0 bridgehead atoms. The molecule has 0 spiro atoms. The van der Waals surface area contributed by atoms with Gasteiger partial charge >= 0.3 is 5.97 Å². The molecule has 1 aromatic rings. The van der Waals surface area contributed by atoms with Gasteiger partial charge in [0, 0.05) is 11.1 Å². The molecule has 0 amide bonds. The van der Waals surface area contributed by atoms with Gasteiger partial charge in [0.1, 0.15) is 11.0 Å². The van der Waals surface area contributed by atoms with Crippen LogP contribution >= 0.6 is 11.3 Å². The fourth-order valence-electron chi connectivity index (χ4n) is 1.55. The number of ether oxygens (including phenoxy) is 1. The quantitative estimate of drug-likeness (QED) is 0.794. The monoisotopic (exact) mass is 256 g/mol. The highest BCUT2D eigenvalue weighted by molar-refractivity contribution is 7.11. The molecule has 1 N–H and O–H groups in total. The van der Waals surface area contributed by atoms with E-state index in [4.69, 9.17) is 4.74 Å². The zero-order valence-electron chi connectivity index (χ0n) is 10.8. The van der Waals surface area contributed by atoms with Gasteiger partial charge in [-0.25, -0.2) is 4.98 Å². The minimum Gasteiger partial charge on any atom is -0.468 e. The van der Waals surface area contributed by atoms with Gasteiger partial charge in [-0.05, 0) is 19.8 Å². The summed E-state index contributed by atoms with van der Waals surface area (Å²) in [5.74, 6) is -0.216. The predicted molar refractivity (Wildman–Crippen MR) is 69.1 cm³/mol. The molecule has 4 nitrogen and oxygen atoms in total. The molecule has 96 valence electrons. The SMILES string of the molecule is CCc1cnc(C(C)NC(CC)C(=O)OC)s1. The maximum absolute atomic E-state index is 11.5. The van der Waals surface area contributed by atoms with Crippen molar-refractivity contribution in [1.29, 1.82) is 0 Å². The van der Waals surface area contributed by atoms with Crippen molar-refractivity contribution in [2.24, 2.45) is 0 Å². The maximum Gasteiger partial charge on any atom is 0.322 e. The van der Waals surface area contributed by atoms with Gasteiger partial charge in [-0.2, -0.15) is 0 Å². The average Bonchev–Trinajstić information content (AvgIpc) is 2.83. The normalized spacial score (nSPS) is 14.4. The first-order valence-corrected chi connectivity index (χ1v) is 6.72. The number of hydrogen-bond acceptors (Lipinski definition) is 5. The third kappa shape index (κ3) is 3.78.